The van der Waals surface area contributed by atoms with Crippen molar-refractivity contribution in [2.45, 2.75) is 44.7 Å². The van der Waals surface area contributed by atoms with Crippen LogP contribution in [0.5, 0.6) is 0 Å². The first-order valence-corrected chi connectivity index (χ1v) is 10.00. The van der Waals surface area contributed by atoms with Gasteiger partial charge in [0.1, 0.15) is 0 Å². The van der Waals surface area contributed by atoms with E-state index in [0.717, 1.165) is 36.4 Å². The highest BCUT2D eigenvalue weighted by molar-refractivity contribution is 7.15. The number of nitrogens with zero attached hydrogens (tertiary/aromatic N) is 2. The van der Waals surface area contributed by atoms with Gasteiger partial charge in [-0.05, 0) is 12.8 Å². The fourth-order valence-corrected chi connectivity index (χ4v) is 4.42. The summed E-state index contributed by atoms with van der Waals surface area (Å²) >= 11 is 1.50. The van der Waals surface area contributed by atoms with Crippen LogP contribution in [0.4, 0.5) is 9.93 Å². The lowest BCUT2D eigenvalue weighted by atomic mass is 10.2. The Morgan fingerprint density at radius 3 is 2.92 bits per heavy atom. The molecule has 9 heteroatoms. The van der Waals surface area contributed by atoms with Crippen molar-refractivity contribution in [2.24, 2.45) is 0 Å². The minimum absolute atomic E-state index is 0.00399. The molecule has 144 valence electrons. The van der Waals surface area contributed by atoms with Gasteiger partial charge in [0.25, 0.3) is 0 Å². The summed E-state index contributed by atoms with van der Waals surface area (Å²) in [5, 5.41) is 9.34. The number of hydrogen-bond acceptors (Lipinski definition) is 6. The molecule has 0 atom stereocenters. The average molecular weight is 382 g/mol. The van der Waals surface area contributed by atoms with Gasteiger partial charge >= 0.3 is 6.03 Å². The van der Waals surface area contributed by atoms with Gasteiger partial charge in [-0.2, -0.15) is 0 Å². The maximum atomic E-state index is 12.1. The van der Waals surface area contributed by atoms with Crippen molar-refractivity contribution in [3.8, 4) is 0 Å². The van der Waals surface area contributed by atoms with Crippen molar-refractivity contribution in [1.29, 1.82) is 0 Å². The third-order valence-electron chi connectivity index (χ3n) is 4.72. The number of methoxy groups -OCH3 is 1. The highest BCUT2D eigenvalue weighted by atomic mass is 32.1. The van der Waals surface area contributed by atoms with Crippen molar-refractivity contribution >= 4 is 28.4 Å². The standard InChI is InChI=1S/C17H27N5O3S/c1-25-9-7-18-15(23)11-22-8-6-13-14(10-22)26-17(20-13)21-16(24)19-12-4-2-3-5-12/h12H,2-11H2,1H3,(H,18,23)(H2,19,20,21,24). The van der Waals surface area contributed by atoms with Crippen LogP contribution in [0, 0.1) is 0 Å². The quantitative estimate of drug-likeness (QED) is 0.619. The molecule has 8 nitrogen and oxygen atoms in total. The molecule has 1 aromatic heterocycles. The summed E-state index contributed by atoms with van der Waals surface area (Å²) in [6.07, 6.45) is 5.28. The van der Waals surface area contributed by atoms with Gasteiger partial charge in [-0.3, -0.25) is 15.0 Å². The number of thiazole rings is 1. The van der Waals surface area contributed by atoms with Gasteiger partial charge in [-0.1, -0.05) is 12.8 Å². The summed E-state index contributed by atoms with van der Waals surface area (Å²) in [5.74, 6) is 0.00399. The Hall–Kier alpha value is -1.71. The molecule has 1 aliphatic heterocycles. The summed E-state index contributed by atoms with van der Waals surface area (Å²) in [4.78, 5) is 31.8. The molecule has 2 heterocycles. The Balaban J connectivity index is 1.47. The fraction of sp³-hybridized carbons (Fsp3) is 0.706. The largest absolute Gasteiger partial charge is 0.383 e. The zero-order valence-electron chi connectivity index (χ0n) is 15.2. The molecule has 0 unspecified atom stereocenters. The molecule has 3 rings (SSSR count). The van der Waals surface area contributed by atoms with E-state index in [1.807, 2.05) is 0 Å². The number of aromatic nitrogens is 1. The number of rotatable bonds is 7. The van der Waals surface area contributed by atoms with Crippen LogP contribution < -0.4 is 16.0 Å². The summed E-state index contributed by atoms with van der Waals surface area (Å²) in [5.41, 5.74) is 1.03. The van der Waals surface area contributed by atoms with Crippen LogP contribution in [0.1, 0.15) is 36.3 Å². The number of nitrogens with one attached hydrogen (secondary N) is 3. The number of fused-ring (bicyclic) bond motifs is 1. The molecule has 0 radical (unpaired) electrons. The molecule has 1 saturated carbocycles. The first kappa shape index (κ1) is 19.1. The predicted molar refractivity (Wildman–Crippen MR) is 100 cm³/mol. The number of amides is 3. The fourth-order valence-electron chi connectivity index (χ4n) is 3.38. The Morgan fingerprint density at radius 2 is 2.15 bits per heavy atom. The Kier molecular flexibility index (Phi) is 6.81. The monoisotopic (exact) mass is 381 g/mol. The zero-order chi connectivity index (χ0) is 18.4. The van der Waals surface area contributed by atoms with Gasteiger partial charge in [0, 0.05) is 44.1 Å². The number of carbonyl (C=O) groups is 2. The molecule has 0 bridgehead atoms. The molecule has 3 amide bonds. The third kappa shape index (κ3) is 5.39. The van der Waals surface area contributed by atoms with E-state index >= 15 is 0 Å². The minimum Gasteiger partial charge on any atom is -0.383 e. The molecule has 1 fully saturated rings. The first-order valence-electron chi connectivity index (χ1n) is 9.18. The van der Waals surface area contributed by atoms with Crippen LogP contribution in [0.25, 0.3) is 0 Å². The number of hydrogen-bond donors (Lipinski definition) is 3. The molecule has 0 spiro atoms. The van der Waals surface area contributed by atoms with Crippen molar-refractivity contribution in [2.75, 3.05) is 38.7 Å². The van der Waals surface area contributed by atoms with E-state index in [0.29, 0.717) is 31.4 Å². The average Bonchev–Trinajstić information content (AvgIpc) is 3.23. The predicted octanol–water partition coefficient (Wildman–Crippen LogP) is 1.33. The molecule has 0 saturated heterocycles. The normalized spacial score (nSPS) is 17.7. The second kappa shape index (κ2) is 9.29. The Morgan fingerprint density at radius 1 is 1.35 bits per heavy atom. The second-order valence-corrected chi connectivity index (χ2v) is 7.86. The molecule has 3 N–H and O–H groups in total. The number of urea groups is 1. The van der Waals surface area contributed by atoms with E-state index in [2.05, 4.69) is 25.8 Å². The van der Waals surface area contributed by atoms with E-state index in [-0.39, 0.29) is 18.0 Å². The van der Waals surface area contributed by atoms with Crippen molar-refractivity contribution in [3.63, 3.8) is 0 Å². The molecule has 1 aromatic rings. The molecule has 1 aliphatic carbocycles. The lowest BCUT2D eigenvalue weighted by Crippen LogP contribution is -2.40. The Bertz CT molecular complexity index is 630. The summed E-state index contributed by atoms with van der Waals surface area (Å²) in [6.45, 7) is 2.90. The number of carbonyl (C=O) groups excluding carboxylic acids is 2. The van der Waals surface area contributed by atoms with Gasteiger partial charge in [0.05, 0.1) is 18.8 Å². The van der Waals surface area contributed by atoms with Gasteiger partial charge < -0.3 is 15.4 Å². The van der Waals surface area contributed by atoms with E-state index in [4.69, 9.17) is 4.74 Å². The van der Waals surface area contributed by atoms with Crippen LogP contribution in [0.3, 0.4) is 0 Å². The molecular weight excluding hydrogens is 354 g/mol. The van der Waals surface area contributed by atoms with Crippen LogP contribution in [-0.2, 0) is 22.5 Å². The maximum absolute atomic E-state index is 12.1. The van der Waals surface area contributed by atoms with Gasteiger partial charge in [0.15, 0.2) is 5.13 Å². The summed E-state index contributed by atoms with van der Waals surface area (Å²) in [6, 6.07) is 0.120. The summed E-state index contributed by atoms with van der Waals surface area (Å²) in [7, 11) is 1.61. The van der Waals surface area contributed by atoms with Crippen LogP contribution in [0.15, 0.2) is 0 Å². The number of anilines is 1. The first-order chi connectivity index (χ1) is 12.6. The van der Waals surface area contributed by atoms with Gasteiger partial charge in [0.2, 0.25) is 5.91 Å². The molecular formula is C17H27N5O3S. The third-order valence-corrected chi connectivity index (χ3v) is 5.71. The van der Waals surface area contributed by atoms with Gasteiger partial charge in [-0.25, -0.2) is 9.78 Å². The van der Waals surface area contributed by atoms with Crippen LogP contribution in [-0.4, -0.2) is 61.2 Å². The molecule has 2 aliphatic rings. The molecule has 0 aromatic carbocycles. The maximum Gasteiger partial charge on any atom is 0.321 e. The highest BCUT2D eigenvalue weighted by Crippen LogP contribution is 2.28. The lowest BCUT2D eigenvalue weighted by molar-refractivity contribution is -0.122. The SMILES string of the molecule is COCCNC(=O)CN1CCc2nc(NC(=O)NC3CCCC3)sc2C1. The van der Waals surface area contributed by atoms with Crippen LogP contribution >= 0.6 is 11.3 Å². The van der Waals surface area contributed by atoms with Crippen LogP contribution in [0.2, 0.25) is 0 Å². The zero-order valence-corrected chi connectivity index (χ0v) is 16.0. The smallest absolute Gasteiger partial charge is 0.321 e. The van der Waals surface area contributed by atoms with Crippen molar-refractivity contribution in [3.05, 3.63) is 10.6 Å². The number of ether oxygens (including phenoxy) is 1. The van der Waals surface area contributed by atoms with E-state index in [1.165, 1.54) is 24.2 Å². The minimum atomic E-state index is -0.169. The second-order valence-electron chi connectivity index (χ2n) is 6.77. The lowest BCUT2D eigenvalue weighted by Gasteiger charge is -2.25. The van der Waals surface area contributed by atoms with Gasteiger partial charge in [-0.15, -0.1) is 11.3 Å². The Labute approximate surface area is 157 Å². The van der Waals surface area contributed by atoms with Crippen molar-refractivity contribution in [1.82, 2.24) is 20.5 Å². The van der Waals surface area contributed by atoms with E-state index < -0.39 is 0 Å². The summed E-state index contributed by atoms with van der Waals surface area (Å²) < 4.78 is 4.93. The van der Waals surface area contributed by atoms with Crippen molar-refractivity contribution < 1.29 is 14.3 Å². The topological polar surface area (TPSA) is 95.6 Å². The van der Waals surface area contributed by atoms with E-state index in [1.54, 1.807) is 7.11 Å². The highest BCUT2D eigenvalue weighted by Gasteiger charge is 2.23. The van der Waals surface area contributed by atoms with E-state index in [9.17, 15) is 9.59 Å². The molecule has 26 heavy (non-hydrogen) atoms.